The van der Waals surface area contributed by atoms with Crippen molar-refractivity contribution < 1.29 is 14.8 Å². The molecule has 8 heteroatoms. The lowest BCUT2D eigenvalue weighted by molar-refractivity contribution is -0.384. The number of nitrogens with two attached hydrogens (primary N) is 1. The summed E-state index contributed by atoms with van der Waals surface area (Å²) in [7, 11) is 0. The molecule has 2 aromatic carbocycles. The van der Waals surface area contributed by atoms with Crippen LogP contribution >= 0.6 is 12.4 Å². The Morgan fingerprint density at radius 1 is 1.28 bits per heavy atom. The number of nitro groups is 1. The van der Waals surface area contributed by atoms with E-state index in [0.29, 0.717) is 12.3 Å². The zero-order valence-corrected chi connectivity index (χ0v) is 14.7. The molecule has 7 nitrogen and oxygen atoms in total. The maximum absolute atomic E-state index is 10.7. The molecule has 2 aromatic rings. The first-order valence-corrected chi connectivity index (χ1v) is 7.66. The summed E-state index contributed by atoms with van der Waals surface area (Å²) in [5.41, 5.74) is 6.84. The Morgan fingerprint density at radius 2 is 1.96 bits per heavy atom. The number of nitro benzene ring substituents is 1. The monoisotopic (exact) mass is 367 g/mol. The average molecular weight is 368 g/mol. The number of likely N-dealkylation sites (N-methyl/N-ethyl adjacent to an activating group) is 1. The van der Waals surface area contributed by atoms with E-state index < -0.39 is 11.0 Å². The van der Waals surface area contributed by atoms with Crippen molar-refractivity contribution in [1.29, 1.82) is 0 Å². The summed E-state index contributed by atoms with van der Waals surface area (Å²) in [6, 6.07) is 13.8. The minimum atomic E-state index is -0.722. The lowest BCUT2D eigenvalue weighted by Crippen LogP contribution is -2.35. The number of ether oxygens (including phenoxy) is 1. The van der Waals surface area contributed by atoms with Crippen molar-refractivity contribution in [2.45, 2.75) is 13.0 Å². The van der Waals surface area contributed by atoms with Crippen LogP contribution in [0.5, 0.6) is 5.75 Å². The number of non-ortho nitro benzene ring substituents is 1. The van der Waals surface area contributed by atoms with E-state index in [2.05, 4.69) is 0 Å². The molecule has 1 atom stereocenters. The van der Waals surface area contributed by atoms with Gasteiger partial charge in [-0.1, -0.05) is 18.2 Å². The number of nitrogens with zero attached hydrogens (tertiary/aromatic N) is 2. The summed E-state index contributed by atoms with van der Waals surface area (Å²) in [5, 5.41) is 20.9. The number of rotatable bonds is 8. The highest BCUT2D eigenvalue weighted by atomic mass is 35.5. The predicted molar refractivity (Wildman–Crippen MR) is 101 cm³/mol. The van der Waals surface area contributed by atoms with Crippen molar-refractivity contribution in [1.82, 2.24) is 0 Å². The second-order valence-electron chi connectivity index (χ2n) is 5.32. The van der Waals surface area contributed by atoms with E-state index in [-0.39, 0.29) is 30.4 Å². The Morgan fingerprint density at radius 3 is 2.52 bits per heavy atom. The fourth-order valence-electron chi connectivity index (χ4n) is 2.33. The molecule has 0 aliphatic carbocycles. The third-order valence-electron chi connectivity index (χ3n) is 3.57. The molecule has 0 radical (unpaired) electrons. The molecular weight excluding hydrogens is 346 g/mol. The Labute approximate surface area is 152 Å². The molecule has 2 rings (SSSR count). The molecule has 0 saturated carbocycles. The molecule has 0 aliphatic heterocycles. The number of benzene rings is 2. The molecule has 0 bridgehead atoms. The molecule has 0 aliphatic rings. The van der Waals surface area contributed by atoms with Crippen molar-refractivity contribution in [2.75, 3.05) is 30.3 Å². The second-order valence-corrected chi connectivity index (χ2v) is 5.32. The van der Waals surface area contributed by atoms with Crippen molar-refractivity contribution in [3.05, 3.63) is 58.6 Å². The van der Waals surface area contributed by atoms with Crippen LogP contribution in [0, 0.1) is 10.1 Å². The lowest BCUT2D eigenvalue weighted by atomic mass is 10.2. The van der Waals surface area contributed by atoms with Gasteiger partial charge in [-0.3, -0.25) is 10.1 Å². The summed E-state index contributed by atoms with van der Waals surface area (Å²) in [5.74, 6) is 0.322. The molecule has 136 valence electrons. The van der Waals surface area contributed by atoms with E-state index in [9.17, 15) is 15.2 Å². The molecule has 1 unspecified atom stereocenters. The third kappa shape index (κ3) is 5.81. The first-order valence-electron chi connectivity index (χ1n) is 7.66. The van der Waals surface area contributed by atoms with Crippen LogP contribution < -0.4 is 15.4 Å². The van der Waals surface area contributed by atoms with Crippen molar-refractivity contribution in [3.8, 4) is 5.75 Å². The Kier molecular flexibility index (Phi) is 7.97. The molecule has 25 heavy (non-hydrogen) atoms. The molecule has 3 N–H and O–H groups in total. The van der Waals surface area contributed by atoms with Gasteiger partial charge >= 0.3 is 0 Å². The van der Waals surface area contributed by atoms with E-state index >= 15 is 0 Å². The van der Waals surface area contributed by atoms with Gasteiger partial charge in [-0.25, -0.2) is 0 Å². The maximum Gasteiger partial charge on any atom is 0.271 e. The van der Waals surface area contributed by atoms with Gasteiger partial charge in [-0.2, -0.15) is 0 Å². The second kappa shape index (κ2) is 9.71. The average Bonchev–Trinajstić information content (AvgIpc) is 2.59. The Hall–Kier alpha value is -2.51. The van der Waals surface area contributed by atoms with Gasteiger partial charge in [0.05, 0.1) is 10.6 Å². The minimum absolute atomic E-state index is 0. The van der Waals surface area contributed by atoms with Crippen LogP contribution in [0.15, 0.2) is 48.5 Å². The summed E-state index contributed by atoms with van der Waals surface area (Å²) in [4.78, 5) is 12.2. The van der Waals surface area contributed by atoms with Gasteiger partial charge in [0.2, 0.25) is 0 Å². The number of aliphatic hydroxyl groups is 1. The Balaban J connectivity index is 0.00000312. The van der Waals surface area contributed by atoms with Gasteiger partial charge in [0, 0.05) is 30.9 Å². The molecule has 0 amide bonds. The zero-order chi connectivity index (χ0) is 17.5. The minimum Gasteiger partial charge on any atom is -0.489 e. The van der Waals surface area contributed by atoms with Gasteiger partial charge < -0.3 is 20.5 Å². The van der Waals surface area contributed by atoms with Crippen LogP contribution in [0.4, 0.5) is 17.1 Å². The summed E-state index contributed by atoms with van der Waals surface area (Å²) in [6.45, 7) is 3.22. The van der Waals surface area contributed by atoms with Crippen LogP contribution in [0.1, 0.15) is 6.92 Å². The SMILES string of the molecule is CCN(CC(O)COc1ccc([N+](=O)[O-])cc1N)c1ccccc1.Cl. The van der Waals surface area contributed by atoms with Crippen LogP contribution in [-0.4, -0.2) is 35.8 Å². The number of hydrogen-bond donors (Lipinski definition) is 2. The first-order chi connectivity index (χ1) is 11.5. The number of anilines is 2. The molecule has 0 spiro atoms. The van der Waals surface area contributed by atoms with E-state index in [1.807, 2.05) is 42.2 Å². The fourth-order valence-corrected chi connectivity index (χ4v) is 2.33. The highest BCUT2D eigenvalue weighted by molar-refractivity contribution is 5.85. The number of para-hydroxylation sites is 1. The molecular formula is C17H22ClN3O4. The van der Waals surface area contributed by atoms with E-state index in [1.54, 1.807) is 0 Å². The van der Waals surface area contributed by atoms with Gasteiger partial charge in [0.15, 0.2) is 0 Å². The van der Waals surface area contributed by atoms with Crippen LogP contribution in [-0.2, 0) is 0 Å². The Bertz CT molecular complexity index is 685. The molecule has 0 fully saturated rings. The van der Waals surface area contributed by atoms with Gasteiger partial charge in [-0.05, 0) is 25.1 Å². The quantitative estimate of drug-likeness (QED) is 0.422. The standard InChI is InChI=1S/C17H21N3O4.ClH/c1-2-19(13-6-4-3-5-7-13)11-15(21)12-24-17-9-8-14(20(22)23)10-16(17)18;/h3-10,15,21H,2,11-12,18H2,1H3;1H. The van der Waals surface area contributed by atoms with Crippen LogP contribution in [0.3, 0.4) is 0 Å². The van der Waals surface area contributed by atoms with Gasteiger partial charge in [0.25, 0.3) is 5.69 Å². The molecule has 0 aromatic heterocycles. The first kappa shape index (κ1) is 20.5. The normalized spacial score (nSPS) is 11.3. The number of hydrogen-bond acceptors (Lipinski definition) is 6. The third-order valence-corrected chi connectivity index (χ3v) is 3.57. The van der Waals surface area contributed by atoms with Crippen LogP contribution in [0.25, 0.3) is 0 Å². The predicted octanol–water partition coefficient (Wildman–Crippen LogP) is 2.87. The van der Waals surface area contributed by atoms with Gasteiger partial charge in [0.1, 0.15) is 18.5 Å². The van der Waals surface area contributed by atoms with Crippen molar-refractivity contribution in [3.63, 3.8) is 0 Å². The van der Waals surface area contributed by atoms with Crippen LogP contribution in [0.2, 0.25) is 0 Å². The molecule has 0 saturated heterocycles. The smallest absolute Gasteiger partial charge is 0.271 e. The highest BCUT2D eigenvalue weighted by Gasteiger charge is 2.14. The fraction of sp³-hybridized carbons (Fsp3) is 0.294. The number of aliphatic hydroxyl groups excluding tert-OH is 1. The summed E-state index contributed by atoms with van der Waals surface area (Å²) >= 11 is 0. The summed E-state index contributed by atoms with van der Waals surface area (Å²) in [6.07, 6.45) is -0.722. The van der Waals surface area contributed by atoms with Crippen molar-refractivity contribution >= 4 is 29.5 Å². The zero-order valence-electron chi connectivity index (χ0n) is 13.9. The maximum atomic E-state index is 10.7. The van der Waals surface area contributed by atoms with E-state index in [0.717, 1.165) is 12.2 Å². The van der Waals surface area contributed by atoms with E-state index in [1.165, 1.54) is 18.2 Å². The van der Waals surface area contributed by atoms with E-state index in [4.69, 9.17) is 10.5 Å². The topological polar surface area (TPSA) is 102 Å². The highest BCUT2D eigenvalue weighted by Crippen LogP contribution is 2.26. The van der Waals surface area contributed by atoms with Crippen molar-refractivity contribution in [2.24, 2.45) is 0 Å². The number of halogens is 1. The molecule has 0 heterocycles. The summed E-state index contributed by atoms with van der Waals surface area (Å²) < 4.78 is 5.49. The lowest BCUT2D eigenvalue weighted by Gasteiger charge is -2.26. The largest absolute Gasteiger partial charge is 0.489 e. The van der Waals surface area contributed by atoms with Gasteiger partial charge in [-0.15, -0.1) is 12.4 Å². The number of nitrogen functional groups attached to an aromatic ring is 1.